The fraction of sp³-hybridized carbons (Fsp3) is 0.312. The third-order valence-electron chi connectivity index (χ3n) is 3.91. The third kappa shape index (κ3) is 3.12. The van der Waals surface area contributed by atoms with Gasteiger partial charge in [-0.05, 0) is 35.1 Å². The summed E-state index contributed by atoms with van der Waals surface area (Å²) in [5.41, 5.74) is 2.03. The lowest BCUT2D eigenvalue weighted by Gasteiger charge is -2.29. The van der Waals surface area contributed by atoms with E-state index < -0.39 is 11.9 Å². The highest BCUT2D eigenvalue weighted by atomic mass is 35.5. The second kappa shape index (κ2) is 6.18. The average molecular weight is 322 g/mol. The van der Waals surface area contributed by atoms with Crippen LogP contribution in [-0.4, -0.2) is 29.1 Å². The second-order valence-electron chi connectivity index (χ2n) is 5.27. The summed E-state index contributed by atoms with van der Waals surface area (Å²) in [6.07, 6.45) is 1.00. The fourth-order valence-corrected chi connectivity index (χ4v) is 3.95. The van der Waals surface area contributed by atoms with E-state index in [-0.39, 0.29) is 0 Å². The van der Waals surface area contributed by atoms with Crippen molar-refractivity contribution in [1.82, 2.24) is 4.90 Å². The minimum Gasteiger partial charge on any atom is -0.481 e. The number of fused-ring (bicyclic) bond motifs is 1. The molecule has 1 aromatic carbocycles. The Morgan fingerprint density at radius 3 is 2.95 bits per heavy atom. The van der Waals surface area contributed by atoms with Crippen LogP contribution in [0.25, 0.3) is 0 Å². The van der Waals surface area contributed by atoms with Crippen molar-refractivity contribution in [2.45, 2.75) is 18.9 Å². The molecule has 110 valence electrons. The van der Waals surface area contributed by atoms with Crippen LogP contribution in [0.4, 0.5) is 0 Å². The maximum atomic E-state index is 11.6. The van der Waals surface area contributed by atoms with E-state index in [0.29, 0.717) is 17.1 Å². The molecule has 3 nitrogen and oxygen atoms in total. The first kappa shape index (κ1) is 14.6. The zero-order valence-electron chi connectivity index (χ0n) is 11.5. The van der Waals surface area contributed by atoms with Gasteiger partial charge >= 0.3 is 5.97 Å². The molecule has 1 N–H and O–H groups in total. The zero-order valence-corrected chi connectivity index (χ0v) is 13.0. The van der Waals surface area contributed by atoms with Gasteiger partial charge in [0.15, 0.2) is 0 Å². The van der Waals surface area contributed by atoms with Crippen LogP contribution in [0.2, 0.25) is 5.02 Å². The van der Waals surface area contributed by atoms with Gasteiger partial charge in [0.25, 0.3) is 0 Å². The lowest BCUT2D eigenvalue weighted by Crippen LogP contribution is -2.35. The molecule has 5 heteroatoms. The molecule has 0 saturated heterocycles. The first-order chi connectivity index (χ1) is 10.1. The number of carbonyl (C=O) groups is 1. The predicted octanol–water partition coefficient (Wildman–Crippen LogP) is 3.63. The van der Waals surface area contributed by atoms with E-state index in [2.05, 4.69) is 16.3 Å². The number of hydrogen-bond donors (Lipinski definition) is 1. The largest absolute Gasteiger partial charge is 0.481 e. The van der Waals surface area contributed by atoms with E-state index >= 15 is 0 Å². The van der Waals surface area contributed by atoms with Crippen molar-refractivity contribution in [3.63, 3.8) is 0 Å². The predicted molar refractivity (Wildman–Crippen MR) is 85.1 cm³/mol. The SMILES string of the molecule is O=C(O)[C@H](CN1CCc2sccc2C1)c1ccccc1Cl. The number of rotatable bonds is 4. The average Bonchev–Trinajstić information content (AvgIpc) is 2.93. The van der Waals surface area contributed by atoms with Crippen LogP contribution in [0.5, 0.6) is 0 Å². The summed E-state index contributed by atoms with van der Waals surface area (Å²) >= 11 is 7.95. The number of carboxylic acids is 1. The molecule has 0 amide bonds. The second-order valence-corrected chi connectivity index (χ2v) is 6.67. The van der Waals surface area contributed by atoms with E-state index in [1.165, 1.54) is 10.4 Å². The summed E-state index contributed by atoms with van der Waals surface area (Å²) in [5, 5.41) is 12.2. The monoisotopic (exact) mass is 321 g/mol. The van der Waals surface area contributed by atoms with Crippen LogP contribution in [0.1, 0.15) is 21.9 Å². The van der Waals surface area contributed by atoms with E-state index in [4.69, 9.17) is 11.6 Å². The number of benzene rings is 1. The minimum atomic E-state index is -0.820. The van der Waals surface area contributed by atoms with Gasteiger partial charge in [-0.25, -0.2) is 0 Å². The Hall–Kier alpha value is -1.36. The van der Waals surface area contributed by atoms with Crippen LogP contribution in [-0.2, 0) is 17.8 Å². The van der Waals surface area contributed by atoms with Gasteiger partial charge in [0, 0.05) is 29.5 Å². The standard InChI is InChI=1S/C16H16ClNO2S/c17-14-4-2-1-3-12(14)13(16(19)20)10-18-7-5-15-11(9-18)6-8-21-15/h1-4,6,8,13H,5,7,9-10H2,(H,19,20)/t13-/m1/s1. The molecule has 1 aromatic heterocycles. The van der Waals surface area contributed by atoms with Crippen LogP contribution in [0.3, 0.4) is 0 Å². The van der Waals surface area contributed by atoms with Crippen LogP contribution in [0, 0.1) is 0 Å². The lowest BCUT2D eigenvalue weighted by molar-refractivity contribution is -0.139. The van der Waals surface area contributed by atoms with Crippen molar-refractivity contribution in [3.8, 4) is 0 Å². The highest BCUT2D eigenvalue weighted by Crippen LogP contribution is 2.29. The molecule has 0 unspecified atom stereocenters. The molecule has 2 aromatic rings. The molecule has 1 aliphatic rings. The van der Waals surface area contributed by atoms with Gasteiger partial charge < -0.3 is 5.11 Å². The molecule has 0 bridgehead atoms. The van der Waals surface area contributed by atoms with Gasteiger partial charge in [-0.15, -0.1) is 11.3 Å². The van der Waals surface area contributed by atoms with Crippen molar-refractivity contribution in [1.29, 1.82) is 0 Å². The van der Waals surface area contributed by atoms with Crippen molar-refractivity contribution < 1.29 is 9.90 Å². The molecular weight excluding hydrogens is 306 g/mol. The fourth-order valence-electron chi connectivity index (χ4n) is 2.79. The summed E-state index contributed by atoms with van der Waals surface area (Å²) in [6.45, 7) is 2.23. The molecule has 0 fully saturated rings. The van der Waals surface area contributed by atoms with Crippen LogP contribution in [0.15, 0.2) is 35.7 Å². The Bertz CT molecular complexity index is 655. The number of carboxylic acid groups (broad SMARTS) is 1. The van der Waals surface area contributed by atoms with Crippen molar-refractivity contribution in [2.24, 2.45) is 0 Å². The van der Waals surface area contributed by atoms with Gasteiger partial charge in [-0.2, -0.15) is 0 Å². The highest BCUT2D eigenvalue weighted by Gasteiger charge is 2.27. The summed E-state index contributed by atoms with van der Waals surface area (Å²) in [6, 6.07) is 9.35. The molecule has 3 rings (SSSR count). The van der Waals surface area contributed by atoms with Crippen molar-refractivity contribution >= 4 is 28.9 Å². The van der Waals surface area contributed by atoms with Crippen LogP contribution >= 0.6 is 22.9 Å². The Kier molecular flexibility index (Phi) is 4.29. The number of halogens is 1. The molecule has 0 aliphatic carbocycles. The van der Waals surface area contributed by atoms with E-state index in [1.54, 1.807) is 23.5 Å². The van der Waals surface area contributed by atoms with Crippen LogP contribution < -0.4 is 0 Å². The van der Waals surface area contributed by atoms with E-state index in [1.807, 2.05) is 12.1 Å². The smallest absolute Gasteiger partial charge is 0.312 e. The minimum absolute atomic E-state index is 0.494. The third-order valence-corrected chi connectivity index (χ3v) is 5.27. The Morgan fingerprint density at radius 2 is 2.19 bits per heavy atom. The first-order valence-corrected chi connectivity index (χ1v) is 8.15. The molecule has 0 radical (unpaired) electrons. The molecule has 21 heavy (non-hydrogen) atoms. The molecule has 1 atom stereocenters. The lowest BCUT2D eigenvalue weighted by atomic mass is 9.97. The zero-order chi connectivity index (χ0) is 14.8. The molecule has 1 aliphatic heterocycles. The Morgan fingerprint density at radius 1 is 1.38 bits per heavy atom. The summed E-state index contributed by atoms with van der Waals surface area (Å²) in [5.74, 6) is -1.40. The summed E-state index contributed by atoms with van der Waals surface area (Å²) < 4.78 is 0. The van der Waals surface area contributed by atoms with E-state index in [9.17, 15) is 9.90 Å². The molecule has 0 spiro atoms. The number of thiophene rings is 1. The maximum Gasteiger partial charge on any atom is 0.312 e. The Balaban J connectivity index is 1.78. The van der Waals surface area contributed by atoms with Gasteiger partial charge in [0.05, 0.1) is 5.92 Å². The Labute approximate surface area is 132 Å². The number of nitrogens with zero attached hydrogens (tertiary/aromatic N) is 1. The molecule has 2 heterocycles. The summed E-state index contributed by atoms with van der Waals surface area (Å²) in [7, 11) is 0. The van der Waals surface area contributed by atoms with Crippen molar-refractivity contribution in [2.75, 3.05) is 13.1 Å². The van der Waals surface area contributed by atoms with Gasteiger partial charge in [-0.1, -0.05) is 29.8 Å². The van der Waals surface area contributed by atoms with Gasteiger partial charge in [0.2, 0.25) is 0 Å². The van der Waals surface area contributed by atoms with Gasteiger partial charge in [0.1, 0.15) is 0 Å². The normalized spacial score (nSPS) is 16.4. The first-order valence-electron chi connectivity index (χ1n) is 6.90. The summed E-state index contributed by atoms with van der Waals surface area (Å²) in [4.78, 5) is 15.3. The molecule has 0 saturated carbocycles. The number of hydrogen-bond acceptors (Lipinski definition) is 3. The number of aliphatic carboxylic acids is 1. The van der Waals surface area contributed by atoms with Gasteiger partial charge in [-0.3, -0.25) is 9.69 Å². The topological polar surface area (TPSA) is 40.5 Å². The van der Waals surface area contributed by atoms with E-state index in [0.717, 1.165) is 19.5 Å². The molecular formula is C16H16ClNO2S. The quantitative estimate of drug-likeness (QED) is 0.935. The van der Waals surface area contributed by atoms with Crippen molar-refractivity contribution in [3.05, 3.63) is 56.7 Å². The maximum absolute atomic E-state index is 11.6. The highest BCUT2D eigenvalue weighted by molar-refractivity contribution is 7.10.